The lowest BCUT2D eigenvalue weighted by molar-refractivity contribution is -0.343. The standard InChI is InChI=1S/C27H32F6O3/c1-16(6-4-13-25(36,26(28,29)30)27(31,32)33)21-10-11-22-18(7-5-12-24(21,22)3)8-9-19-14-20(34)15-23(35)17(19)2/h8-10,16,20,22-23,34-36H,2,5-7,11-12,14-15H2,1,3H3/b18-8+,19-9-/t16-,20-,22+,23+,24-/m1/s1. The number of alkyl halides is 6. The number of hydrogen-bond acceptors (Lipinski definition) is 3. The summed E-state index contributed by atoms with van der Waals surface area (Å²) in [6, 6.07) is 0. The minimum atomic E-state index is -5.96. The lowest BCUT2D eigenvalue weighted by Crippen LogP contribution is -2.55. The molecule has 2 fully saturated rings. The third-order valence-electron chi connectivity index (χ3n) is 7.90. The fourth-order valence-electron chi connectivity index (χ4n) is 5.83. The zero-order chi connectivity index (χ0) is 27.1. The molecule has 0 radical (unpaired) electrons. The molecule has 0 aliphatic heterocycles. The van der Waals surface area contributed by atoms with Crippen molar-refractivity contribution in [3.8, 4) is 11.8 Å². The summed E-state index contributed by atoms with van der Waals surface area (Å²) in [6.07, 6.45) is -3.80. The molecule has 0 heterocycles. The van der Waals surface area contributed by atoms with E-state index in [9.17, 15) is 41.7 Å². The highest BCUT2D eigenvalue weighted by atomic mass is 19.4. The van der Waals surface area contributed by atoms with Gasteiger partial charge in [0, 0.05) is 12.8 Å². The summed E-state index contributed by atoms with van der Waals surface area (Å²) in [5.41, 5.74) is -1.86. The van der Waals surface area contributed by atoms with Crippen LogP contribution >= 0.6 is 0 Å². The van der Waals surface area contributed by atoms with Crippen molar-refractivity contribution in [3.63, 3.8) is 0 Å². The van der Waals surface area contributed by atoms with Gasteiger partial charge < -0.3 is 15.3 Å². The Morgan fingerprint density at radius 2 is 1.81 bits per heavy atom. The average molecular weight is 519 g/mol. The van der Waals surface area contributed by atoms with Crippen LogP contribution in [0.15, 0.2) is 47.1 Å². The molecule has 5 atom stereocenters. The van der Waals surface area contributed by atoms with E-state index in [0.29, 0.717) is 18.4 Å². The average Bonchev–Trinajstić information content (AvgIpc) is 3.11. The fraction of sp³-hybridized carbons (Fsp3) is 0.630. The Labute approximate surface area is 207 Å². The van der Waals surface area contributed by atoms with Crippen molar-refractivity contribution in [2.75, 3.05) is 0 Å². The molecule has 0 unspecified atom stereocenters. The molecule has 0 saturated heterocycles. The molecular formula is C27H32F6O3. The van der Waals surface area contributed by atoms with E-state index in [-0.39, 0.29) is 30.1 Å². The summed E-state index contributed by atoms with van der Waals surface area (Å²) in [6.45, 7) is 7.72. The van der Waals surface area contributed by atoms with Crippen LogP contribution in [0.3, 0.4) is 0 Å². The van der Waals surface area contributed by atoms with Gasteiger partial charge in [-0.15, -0.1) is 0 Å². The highest BCUT2D eigenvalue weighted by molar-refractivity contribution is 5.40. The molecule has 0 aromatic carbocycles. The largest absolute Gasteiger partial charge is 0.438 e. The summed E-state index contributed by atoms with van der Waals surface area (Å²) in [4.78, 5) is 0. The summed E-state index contributed by atoms with van der Waals surface area (Å²) in [5, 5.41) is 29.3. The monoisotopic (exact) mass is 518 g/mol. The molecule has 0 spiro atoms. The smallest absolute Gasteiger partial charge is 0.393 e. The van der Waals surface area contributed by atoms with Gasteiger partial charge in [-0.2, -0.15) is 26.3 Å². The maximum atomic E-state index is 12.9. The minimum absolute atomic E-state index is 0.127. The van der Waals surface area contributed by atoms with E-state index < -0.39 is 30.2 Å². The number of rotatable bonds is 3. The number of allylic oxidation sites excluding steroid dienone is 5. The van der Waals surface area contributed by atoms with Crippen molar-refractivity contribution in [2.45, 2.75) is 89.0 Å². The van der Waals surface area contributed by atoms with E-state index in [0.717, 1.165) is 36.3 Å². The van der Waals surface area contributed by atoms with Crippen LogP contribution in [0.25, 0.3) is 0 Å². The first kappa shape index (κ1) is 28.5. The Kier molecular flexibility index (Phi) is 7.96. The summed E-state index contributed by atoms with van der Waals surface area (Å²) < 4.78 is 77.4. The lowest BCUT2D eigenvalue weighted by Gasteiger charge is -2.42. The van der Waals surface area contributed by atoms with Gasteiger partial charge in [0.25, 0.3) is 0 Å². The van der Waals surface area contributed by atoms with E-state index >= 15 is 0 Å². The summed E-state index contributed by atoms with van der Waals surface area (Å²) in [5.74, 6) is 2.75. The topological polar surface area (TPSA) is 60.7 Å². The zero-order valence-electron chi connectivity index (χ0n) is 20.3. The molecule has 200 valence electrons. The molecule has 3 rings (SSSR count). The lowest BCUT2D eigenvalue weighted by atomic mass is 9.62. The first-order valence-electron chi connectivity index (χ1n) is 12.0. The normalized spacial score (nSPS) is 32.7. The number of hydrogen-bond donors (Lipinski definition) is 3. The van der Waals surface area contributed by atoms with Crippen molar-refractivity contribution < 1.29 is 41.7 Å². The van der Waals surface area contributed by atoms with Gasteiger partial charge in [0.15, 0.2) is 0 Å². The van der Waals surface area contributed by atoms with Gasteiger partial charge in [-0.05, 0) is 66.4 Å². The molecule has 3 N–H and O–H groups in total. The van der Waals surface area contributed by atoms with Crippen LogP contribution in [0.4, 0.5) is 26.3 Å². The Hall–Kier alpha value is -2.02. The second kappa shape index (κ2) is 10.0. The highest BCUT2D eigenvalue weighted by Gasteiger charge is 2.70. The minimum Gasteiger partial charge on any atom is -0.393 e. The van der Waals surface area contributed by atoms with E-state index in [4.69, 9.17) is 0 Å². The molecule has 3 aliphatic carbocycles. The van der Waals surface area contributed by atoms with Gasteiger partial charge in [-0.25, -0.2) is 0 Å². The number of aliphatic hydroxyl groups excluding tert-OH is 2. The van der Waals surface area contributed by atoms with Crippen molar-refractivity contribution in [3.05, 3.63) is 47.1 Å². The van der Waals surface area contributed by atoms with Crippen LogP contribution in [0.1, 0.15) is 58.8 Å². The molecule has 0 amide bonds. The van der Waals surface area contributed by atoms with Crippen LogP contribution in [-0.4, -0.2) is 45.5 Å². The third kappa shape index (κ3) is 5.32. The van der Waals surface area contributed by atoms with Crippen molar-refractivity contribution in [1.82, 2.24) is 0 Å². The zero-order valence-corrected chi connectivity index (χ0v) is 20.3. The fourth-order valence-corrected chi connectivity index (χ4v) is 5.83. The second-order valence-corrected chi connectivity index (χ2v) is 10.4. The van der Waals surface area contributed by atoms with Gasteiger partial charge in [0.2, 0.25) is 0 Å². The second-order valence-electron chi connectivity index (χ2n) is 10.4. The molecule has 2 saturated carbocycles. The van der Waals surface area contributed by atoms with Crippen molar-refractivity contribution >= 4 is 0 Å². The first-order chi connectivity index (χ1) is 16.5. The third-order valence-corrected chi connectivity index (χ3v) is 7.90. The molecule has 0 bridgehead atoms. The number of fused-ring (bicyclic) bond motifs is 1. The highest BCUT2D eigenvalue weighted by Crippen LogP contribution is 2.57. The SMILES string of the molecule is C=C1/C(=C\C=C2/CCC[C@]3(C)C([C@H](C)CC#CC(O)(C(F)(F)F)C(F)(F)F)=CC[C@@H]23)C[C@@H](O)C[C@@H]1O. The number of halogens is 6. The van der Waals surface area contributed by atoms with E-state index in [1.807, 2.05) is 24.1 Å². The molecule has 3 nitrogen and oxygen atoms in total. The van der Waals surface area contributed by atoms with Crippen molar-refractivity contribution in [1.29, 1.82) is 0 Å². The Bertz CT molecular complexity index is 1010. The van der Waals surface area contributed by atoms with Crippen LogP contribution in [-0.2, 0) is 0 Å². The van der Waals surface area contributed by atoms with Gasteiger partial charge in [-0.3, -0.25) is 0 Å². The summed E-state index contributed by atoms with van der Waals surface area (Å²) in [7, 11) is 0. The van der Waals surface area contributed by atoms with Crippen LogP contribution in [0.5, 0.6) is 0 Å². The van der Waals surface area contributed by atoms with E-state index in [2.05, 4.69) is 13.5 Å². The van der Waals surface area contributed by atoms with Crippen LogP contribution < -0.4 is 0 Å². The van der Waals surface area contributed by atoms with Crippen LogP contribution in [0.2, 0.25) is 0 Å². The van der Waals surface area contributed by atoms with E-state index in [1.165, 1.54) is 5.57 Å². The molecule has 0 aromatic rings. The van der Waals surface area contributed by atoms with Gasteiger partial charge in [0.05, 0.1) is 12.2 Å². The number of aliphatic hydroxyl groups is 3. The van der Waals surface area contributed by atoms with E-state index in [1.54, 1.807) is 6.92 Å². The summed E-state index contributed by atoms with van der Waals surface area (Å²) >= 11 is 0. The van der Waals surface area contributed by atoms with Gasteiger partial charge >= 0.3 is 18.0 Å². The molecule has 3 aliphatic rings. The molecule has 36 heavy (non-hydrogen) atoms. The van der Waals surface area contributed by atoms with Gasteiger partial charge in [-0.1, -0.05) is 55.7 Å². The maximum Gasteiger partial charge on any atom is 0.438 e. The molecule has 0 aromatic heterocycles. The Morgan fingerprint density at radius 1 is 1.17 bits per heavy atom. The van der Waals surface area contributed by atoms with Crippen molar-refractivity contribution in [2.24, 2.45) is 17.3 Å². The quantitative estimate of drug-likeness (QED) is 0.247. The Morgan fingerprint density at radius 3 is 2.42 bits per heavy atom. The van der Waals surface area contributed by atoms with Crippen LogP contribution in [0, 0.1) is 29.1 Å². The Balaban J connectivity index is 1.78. The molecule has 9 heteroatoms. The molecular weight excluding hydrogens is 486 g/mol. The van der Waals surface area contributed by atoms with Gasteiger partial charge in [0.1, 0.15) is 0 Å². The first-order valence-corrected chi connectivity index (χ1v) is 12.0. The predicted molar refractivity (Wildman–Crippen MR) is 123 cm³/mol. The predicted octanol–water partition coefficient (Wildman–Crippen LogP) is 5.93. The maximum absolute atomic E-state index is 12.9.